The molecule has 0 aromatic carbocycles. The van der Waals surface area contributed by atoms with E-state index in [9.17, 15) is 13.2 Å². The van der Waals surface area contributed by atoms with Crippen molar-refractivity contribution in [1.29, 1.82) is 0 Å². The van der Waals surface area contributed by atoms with Gasteiger partial charge in [0.05, 0.1) is 17.4 Å². The second-order valence-corrected chi connectivity index (χ2v) is 7.87. The number of carbonyl (C=O) groups is 1. The highest BCUT2D eigenvalue weighted by Gasteiger charge is 2.31. The molecule has 0 aliphatic carbocycles. The Morgan fingerprint density at radius 3 is 2.60 bits per heavy atom. The zero-order valence-electron chi connectivity index (χ0n) is 11.0. The lowest BCUT2D eigenvalue weighted by atomic mass is 9.98. The van der Waals surface area contributed by atoms with Gasteiger partial charge in [-0.3, -0.25) is 4.79 Å². The van der Waals surface area contributed by atoms with Gasteiger partial charge in [0.1, 0.15) is 15.7 Å². The van der Waals surface area contributed by atoms with Crippen molar-refractivity contribution < 1.29 is 18.3 Å². The zero-order valence-corrected chi connectivity index (χ0v) is 11.8. The summed E-state index contributed by atoms with van der Waals surface area (Å²) in [4.78, 5) is 15.5. The lowest BCUT2D eigenvalue weighted by Gasteiger charge is -2.18. The molecule has 3 heterocycles. The lowest BCUT2D eigenvalue weighted by molar-refractivity contribution is -0.142. The predicted octanol–water partition coefficient (Wildman–Crippen LogP) is 0.217. The minimum Gasteiger partial charge on any atom is -0.481 e. The summed E-state index contributed by atoms with van der Waals surface area (Å²) in [5.74, 6) is 0.697. The molecule has 1 aromatic heterocycles. The van der Waals surface area contributed by atoms with E-state index in [-0.39, 0.29) is 23.3 Å². The van der Waals surface area contributed by atoms with Crippen molar-refractivity contribution in [3.05, 3.63) is 11.6 Å². The molecule has 2 aliphatic rings. The van der Waals surface area contributed by atoms with E-state index < -0.39 is 15.8 Å². The fourth-order valence-corrected chi connectivity index (χ4v) is 4.35. The Hall–Kier alpha value is -1.44. The first kappa shape index (κ1) is 13.5. The van der Waals surface area contributed by atoms with Crippen molar-refractivity contribution in [3.63, 3.8) is 0 Å². The Balaban J connectivity index is 1.76. The third kappa shape index (κ3) is 2.56. The number of carboxylic acids is 1. The van der Waals surface area contributed by atoms with Crippen LogP contribution in [-0.2, 0) is 27.6 Å². The Morgan fingerprint density at radius 1 is 1.25 bits per heavy atom. The third-order valence-corrected chi connectivity index (χ3v) is 5.87. The van der Waals surface area contributed by atoms with Crippen LogP contribution < -0.4 is 0 Å². The standard InChI is InChI=1S/C12H17N3O4S/c16-12(17)9-1-4-15-10(7-9)13-11(14-15)8-2-5-20(18,19)6-3-8/h8-9H,1-7H2,(H,16,17). The molecule has 2 aliphatic heterocycles. The smallest absolute Gasteiger partial charge is 0.307 e. The van der Waals surface area contributed by atoms with E-state index in [4.69, 9.17) is 5.11 Å². The van der Waals surface area contributed by atoms with Gasteiger partial charge in [-0.05, 0) is 19.3 Å². The van der Waals surface area contributed by atoms with Crippen molar-refractivity contribution in [2.75, 3.05) is 11.5 Å². The monoisotopic (exact) mass is 299 g/mol. The van der Waals surface area contributed by atoms with E-state index in [1.807, 2.05) is 0 Å². The molecule has 1 fully saturated rings. The maximum atomic E-state index is 11.4. The van der Waals surface area contributed by atoms with Crippen LogP contribution >= 0.6 is 0 Å². The van der Waals surface area contributed by atoms with E-state index in [0.29, 0.717) is 43.9 Å². The number of hydrogen-bond acceptors (Lipinski definition) is 5. The number of rotatable bonds is 2. The molecular weight excluding hydrogens is 282 g/mol. The minimum atomic E-state index is -2.89. The Kier molecular flexibility index (Phi) is 3.27. The molecule has 0 amide bonds. The molecule has 0 spiro atoms. The van der Waals surface area contributed by atoms with E-state index in [2.05, 4.69) is 10.1 Å². The molecule has 1 saturated heterocycles. The number of fused-ring (bicyclic) bond motifs is 1. The van der Waals surface area contributed by atoms with Gasteiger partial charge in [-0.1, -0.05) is 0 Å². The average Bonchev–Trinajstić information content (AvgIpc) is 2.81. The summed E-state index contributed by atoms with van der Waals surface area (Å²) in [5.41, 5.74) is 0. The first-order chi connectivity index (χ1) is 9.44. The van der Waals surface area contributed by atoms with Gasteiger partial charge in [0, 0.05) is 18.9 Å². The van der Waals surface area contributed by atoms with Crippen molar-refractivity contribution in [2.45, 2.75) is 38.1 Å². The molecule has 1 atom stereocenters. The SMILES string of the molecule is O=C(O)C1CCn2nc(C3CCS(=O)(=O)CC3)nc2C1. The number of aliphatic carboxylic acids is 1. The molecule has 8 heteroatoms. The molecule has 1 aromatic rings. The summed E-state index contributed by atoms with van der Waals surface area (Å²) < 4.78 is 24.6. The van der Waals surface area contributed by atoms with Gasteiger partial charge in [-0.25, -0.2) is 18.1 Å². The van der Waals surface area contributed by atoms with Crippen LogP contribution in [0.3, 0.4) is 0 Å². The topological polar surface area (TPSA) is 102 Å². The summed E-state index contributed by atoms with van der Waals surface area (Å²) in [5, 5.41) is 13.5. The molecule has 1 N–H and O–H groups in total. The first-order valence-electron chi connectivity index (χ1n) is 6.81. The normalized spacial score (nSPS) is 26.1. The van der Waals surface area contributed by atoms with Crippen molar-refractivity contribution in [1.82, 2.24) is 14.8 Å². The quantitative estimate of drug-likeness (QED) is 0.838. The largest absolute Gasteiger partial charge is 0.481 e. The van der Waals surface area contributed by atoms with E-state index >= 15 is 0 Å². The van der Waals surface area contributed by atoms with Crippen LogP contribution in [0, 0.1) is 5.92 Å². The zero-order chi connectivity index (χ0) is 14.3. The van der Waals surface area contributed by atoms with E-state index in [1.54, 1.807) is 4.68 Å². The van der Waals surface area contributed by atoms with Crippen LogP contribution in [0.4, 0.5) is 0 Å². The highest BCUT2D eigenvalue weighted by atomic mass is 32.2. The van der Waals surface area contributed by atoms with Crippen LogP contribution in [0.2, 0.25) is 0 Å². The van der Waals surface area contributed by atoms with Crippen molar-refractivity contribution in [3.8, 4) is 0 Å². The van der Waals surface area contributed by atoms with Crippen LogP contribution in [0.1, 0.15) is 36.8 Å². The van der Waals surface area contributed by atoms with Gasteiger partial charge in [-0.15, -0.1) is 0 Å². The number of hydrogen-bond donors (Lipinski definition) is 1. The Labute approximate surface area is 116 Å². The van der Waals surface area contributed by atoms with Crippen molar-refractivity contribution >= 4 is 15.8 Å². The fourth-order valence-electron chi connectivity index (χ4n) is 2.86. The summed E-state index contributed by atoms with van der Waals surface area (Å²) >= 11 is 0. The van der Waals surface area contributed by atoms with E-state index in [0.717, 1.165) is 0 Å². The first-order valence-corrected chi connectivity index (χ1v) is 8.63. The van der Waals surface area contributed by atoms with E-state index in [1.165, 1.54) is 0 Å². The second-order valence-electron chi connectivity index (χ2n) is 5.56. The maximum Gasteiger partial charge on any atom is 0.307 e. The van der Waals surface area contributed by atoms with Gasteiger partial charge in [0.15, 0.2) is 5.82 Å². The summed E-state index contributed by atoms with van der Waals surface area (Å²) in [7, 11) is -2.89. The minimum absolute atomic E-state index is 0.0832. The molecule has 0 saturated carbocycles. The summed E-state index contributed by atoms with van der Waals surface area (Å²) in [6, 6.07) is 0. The molecule has 1 unspecified atom stereocenters. The number of sulfone groups is 1. The van der Waals surface area contributed by atoms with Gasteiger partial charge in [0.2, 0.25) is 0 Å². The maximum absolute atomic E-state index is 11.4. The third-order valence-electron chi connectivity index (χ3n) is 4.15. The molecule has 0 radical (unpaired) electrons. The molecular formula is C12H17N3O4S. The fraction of sp³-hybridized carbons (Fsp3) is 0.750. The molecule has 110 valence electrons. The molecule has 0 bridgehead atoms. The predicted molar refractivity (Wildman–Crippen MR) is 70.1 cm³/mol. The number of nitrogens with zero attached hydrogens (tertiary/aromatic N) is 3. The highest BCUT2D eigenvalue weighted by Crippen LogP contribution is 2.28. The van der Waals surface area contributed by atoms with Gasteiger partial charge < -0.3 is 5.11 Å². The van der Waals surface area contributed by atoms with Gasteiger partial charge in [0.25, 0.3) is 0 Å². The lowest BCUT2D eigenvalue weighted by Crippen LogP contribution is -2.26. The molecule has 7 nitrogen and oxygen atoms in total. The van der Waals surface area contributed by atoms with Crippen LogP contribution in [0.5, 0.6) is 0 Å². The highest BCUT2D eigenvalue weighted by molar-refractivity contribution is 7.91. The number of carboxylic acid groups (broad SMARTS) is 1. The van der Waals surface area contributed by atoms with Crippen LogP contribution in [0.15, 0.2) is 0 Å². The molecule has 3 rings (SSSR count). The second kappa shape index (κ2) is 4.83. The Morgan fingerprint density at radius 2 is 1.95 bits per heavy atom. The van der Waals surface area contributed by atoms with Crippen molar-refractivity contribution in [2.24, 2.45) is 5.92 Å². The number of aromatic nitrogens is 3. The van der Waals surface area contributed by atoms with Gasteiger partial charge >= 0.3 is 5.97 Å². The van der Waals surface area contributed by atoms with Gasteiger partial charge in [-0.2, -0.15) is 5.10 Å². The number of aryl methyl sites for hydroxylation is 1. The molecule has 20 heavy (non-hydrogen) atoms. The average molecular weight is 299 g/mol. The summed E-state index contributed by atoms with van der Waals surface area (Å²) in [6.45, 7) is 0.574. The van der Waals surface area contributed by atoms with Crippen LogP contribution in [0.25, 0.3) is 0 Å². The Bertz CT molecular complexity index is 623. The van der Waals surface area contributed by atoms with Crippen LogP contribution in [-0.4, -0.2) is 45.8 Å². The summed E-state index contributed by atoms with van der Waals surface area (Å²) in [6.07, 6.45) is 2.11.